The number of nitrogens with zero attached hydrogens (tertiary/aromatic N) is 1. The van der Waals surface area contributed by atoms with E-state index in [0.29, 0.717) is 18.7 Å². The normalized spacial score (nSPS) is 11.7. The number of nitrogens with one attached hydrogen (secondary N) is 1. The van der Waals surface area contributed by atoms with Crippen molar-refractivity contribution >= 4 is 11.8 Å². The lowest BCUT2D eigenvalue weighted by Gasteiger charge is -2.31. The standard InChI is InChI=1S/C29H33FN2O3/c1-21(2)18-31-29(34)27(17-23-7-5-4-6-8-23)32(19-24-11-9-22(3)10-12-24)28(33)20-35-26-15-13-25(30)14-16-26/h4-16,21,27H,17-20H2,1-3H3,(H,31,34)/t27-/m1/s1. The Morgan fingerprint density at radius 3 is 2.20 bits per heavy atom. The van der Waals surface area contributed by atoms with Gasteiger partial charge in [-0.1, -0.05) is 74.0 Å². The van der Waals surface area contributed by atoms with Crippen LogP contribution in [0, 0.1) is 18.7 Å². The molecule has 3 aromatic carbocycles. The SMILES string of the molecule is Cc1ccc(CN(C(=O)COc2ccc(F)cc2)[C@H](Cc2ccccc2)C(=O)NCC(C)C)cc1. The maximum absolute atomic E-state index is 13.5. The summed E-state index contributed by atoms with van der Waals surface area (Å²) in [6, 6.07) is 22.3. The molecule has 1 atom stereocenters. The highest BCUT2D eigenvalue weighted by Gasteiger charge is 2.30. The highest BCUT2D eigenvalue weighted by Crippen LogP contribution is 2.17. The van der Waals surface area contributed by atoms with E-state index >= 15 is 0 Å². The summed E-state index contributed by atoms with van der Waals surface area (Å²) in [5, 5.41) is 3.00. The number of amides is 2. The smallest absolute Gasteiger partial charge is 0.261 e. The number of halogens is 1. The van der Waals surface area contributed by atoms with Crippen molar-refractivity contribution in [1.82, 2.24) is 10.2 Å². The lowest BCUT2D eigenvalue weighted by Crippen LogP contribution is -2.52. The minimum absolute atomic E-state index is 0.204. The van der Waals surface area contributed by atoms with Crippen molar-refractivity contribution < 1.29 is 18.7 Å². The van der Waals surface area contributed by atoms with Crippen LogP contribution in [0.5, 0.6) is 5.75 Å². The second-order valence-electron chi connectivity index (χ2n) is 9.09. The topological polar surface area (TPSA) is 58.6 Å². The first-order valence-electron chi connectivity index (χ1n) is 11.9. The van der Waals surface area contributed by atoms with Gasteiger partial charge in [0.15, 0.2) is 6.61 Å². The van der Waals surface area contributed by atoms with E-state index in [4.69, 9.17) is 4.74 Å². The van der Waals surface area contributed by atoms with E-state index in [1.165, 1.54) is 24.3 Å². The van der Waals surface area contributed by atoms with E-state index in [0.717, 1.165) is 16.7 Å². The largest absolute Gasteiger partial charge is 0.484 e. The van der Waals surface area contributed by atoms with Crippen molar-refractivity contribution in [3.05, 3.63) is 101 Å². The number of benzene rings is 3. The minimum Gasteiger partial charge on any atom is -0.484 e. The van der Waals surface area contributed by atoms with Gasteiger partial charge in [0.2, 0.25) is 5.91 Å². The van der Waals surface area contributed by atoms with E-state index < -0.39 is 6.04 Å². The molecule has 5 nitrogen and oxygen atoms in total. The third kappa shape index (κ3) is 8.25. The van der Waals surface area contributed by atoms with E-state index in [1.54, 1.807) is 4.90 Å². The molecule has 6 heteroatoms. The van der Waals surface area contributed by atoms with Crippen molar-refractivity contribution in [2.45, 2.75) is 39.8 Å². The number of carbonyl (C=O) groups excluding carboxylic acids is 2. The lowest BCUT2D eigenvalue weighted by atomic mass is 10.0. The van der Waals surface area contributed by atoms with Crippen LogP contribution in [-0.2, 0) is 22.6 Å². The molecule has 0 radical (unpaired) electrons. The number of aryl methyl sites for hydroxylation is 1. The molecule has 0 heterocycles. The number of ether oxygens (including phenoxy) is 1. The highest BCUT2D eigenvalue weighted by molar-refractivity contribution is 5.88. The highest BCUT2D eigenvalue weighted by atomic mass is 19.1. The van der Waals surface area contributed by atoms with Crippen LogP contribution in [0.15, 0.2) is 78.9 Å². The predicted octanol–water partition coefficient (Wildman–Crippen LogP) is 4.93. The zero-order chi connectivity index (χ0) is 25.2. The van der Waals surface area contributed by atoms with Crippen LogP contribution in [-0.4, -0.2) is 35.9 Å². The van der Waals surface area contributed by atoms with Crippen LogP contribution in [0.4, 0.5) is 4.39 Å². The molecular formula is C29H33FN2O3. The molecule has 0 aromatic heterocycles. The van der Waals surface area contributed by atoms with Crippen LogP contribution in [0.25, 0.3) is 0 Å². The van der Waals surface area contributed by atoms with E-state index in [9.17, 15) is 14.0 Å². The zero-order valence-corrected chi connectivity index (χ0v) is 20.5. The summed E-state index contributed by atoms with van der Waals surface area (Å²) in [6.45, 7) is 6.57. The summed E-state index contributed by atoms with van der Waals surface area (Å²) in [7, 11) is 0. The van der Waals surface area contributed by atoms with Crippen molar-refractivity contribution in [3.63, 3.8) is 0 Å². The number of carbonyl (C=O) groups is 2. The van der Waals surface area contributed by atoms with Gasteiger partial charge in [0.05, 0.1) is 0 Å². The molecule has 0 saturated carbocycles. The molecule has 0 aliphatic carbocycles. The summed E-state index contributed by atoms with van der Waals surface area (Å²) in [4.78, 5) is 28.4. The molecule has 0 saturated heterocycles. The second kappa shape index (κ2) is 12.7. The monoisotopic (exact) mass is 476 g/mol. The van der Waals surface area contributed by atoms with Crippen LogP contribution in [0.3, 0.4) is 0 Å². The summed E-state index contributed by atoms with van der Waals surface area (Å²) in [5.74, 6) is -0.243. The lowest BCUT2D eigenvalue weighted by molar-refractivity contribution is -0.142. The Kier molecular flexibility index (Phi) is 9.41. The Morgan fingerprint density at radius 2 is 1.57 bits per heavy atom. The first-order valence-corrected chi connectivity index (χ1v) is 11.9. The minimum atomic E-state index is -0.721. The average Bonchev–Trinajstić information content (AvgIpc) is 2.86. The van der Waals surface area contributed by atoms with Crippen molar-refractivity contribution in [2.75, 3.05) is 13.2 Å². The molecule has 3 aromatic rings. The molecule has 184 valence electrons. The molecule has 0 aliphatic rings. The summed E-state index contributed by atoms with van der Waals surface area (Å²) in [6.07, 6.45) is 0.374. The van der Waals surface area contributed by atoms with E-state index in [2.05, 4.69) is 5.32 Å². The van der Waals surface area contributed by atoms with Gasteiger partial charge in [-0.25, -0.2) is 4.39 Å². The van der Waals surface area contributed by atoms with Gasteiger partial charge in [0, 0.05) is 19.5 Å². The Bertz CT molecular complexity index is 1080. The third-order valence-electron chi connectivity index (χ3n) is 5.61. The van der Waals surface area contributed by atoms with Gasteiger partial charge >= 0.3 is 0 Å². The van der Waals surface area contributed by atoms with Crippen LogP contribution >= 0.6 is 0 Å². The molecule has 0 unspecified atom stereocenters. The first kappa shape index (κ1) is 25.9. The van der Waals surface area contributed by atoms with Gasteiger partial charge in [-0.05, 0) is 48.2 Å². The van der Waals surface area contributed by atoms with E-state index in [-0.39, 0.29) is 36.7 Å². The fourth-order valence-corrected chi connectivity index (χ4v) is 3.63. The molecule has 1 N–H and O–H groups in total. The predicted molar refractivity (Wildman–Crippen MR) is 135 cm³/mol. The fraction of sp³-hybridized carbons (Fsp3) is 0.310. The maximum atomic E-state index is 13.5. The zero-order valence-electron chi connectivity index (χ0n) is 20.5. The van der Waals surface area contributed by atoms with Crippen LogP contribution < -0.4 is 10.1 Å². The van der Waals surface area contributed by atoms with Crippen molar-refractivity contribution in [2.24, 2.45) is 5.92 Å². The van der Waals surface area contributed by atoms with Gasteiger partial charge in [-0.15, -0.1) is 0 Å². The van der Waals surface area contributed by atoms with Crippen molar-refractivity contribution in [1.29, 1.82) is 0 Å². The van der Waals surface area contributed by atoms with E-state index in [1.807, 2.05) is 75.4 Å². The molecule has 3 rings (SSSR count). The fourth-order valence-electron chi connectivity index (χ4n) is 3.63. The molecular weight excluding hydrogens is 443 g/mol. The third-order valence-corrected chi connectivity index (χ3v) is 5.61. The van der Waals surface area contributed by atoms with Gasteiger partial charge in [-0.3, -0.25) is 9.59 Å². The summed E-state index contributed by atoms with van der Waals surface area (Å²) >= 11 is 0. The summed E-state index contributed by atoms with van der Waals surface area (Å²) < 4.78 is 18.9. The molecule has 0 aliphatic heterocycles. The van der Waals surface area contributed by atoms with Crippen LogP contribution in [0.2, 0.25) is 0 Å². The number of hydrogen-bond acceptors (Lipinski definition) is 3. The number of rotatable bonds is 11. The Balaban J connectivity index is 1.88. The Hall–Kier alpha value is -3.67. The number of hydrogen-bond donors (Lipinski definition) is 1. The molecule has 0 fully saturated rings. The van der Waals surface area contributed by atoms with Gasteiger partial charge in [0.25, 0.3) is 5.91 Å². The molecule has 0 bridgehead atoms. The van der Waals surface area contributed by atoms with Crippen molar-refractivity contribution in [3.8, 4) is 5.75 Å². The van der Waals surface area contributed by atoms with Crippen LogP contribution in [0.1, 0.15) is 30.5 Å². The summed E-state index contributed by atoms with van der Waals surface area (Å²) in [5.41, 5.74) is 2.99. The molecule has 35 heavy (non-hydrogen) atoms. The maximum Gasteiger partial charge on any atom is 0.261 e. The Morgan fingerprint density at radius 1 is 0.914 bits per heavy atom. The second-order valence-corrected chi connectivity index (χ2v) is 9.09. The van der Waals surface area contributed by atoms with Gasteiger partial charge < -0.3 is 15.0 Å². The van der Waals surface area contributed by atoms with Gasteiger partial charge in [0.1, 0.15) is 17.6 Å². The first-order chi connectivity index (χ1) is 16.8. The molecule has 0 spiro atoms. The average molecular weight is 477 g/mol. The quantitative estimate of drug-likeness (QED) is 0.427. The molecule has 2 amide bonds. The Labute approximate surface area is 206 Å². The van der Waals surface area contributed by atoms with Gasteiger partial charge in [-0.2, -0.15) is 0 Å².